The van der Waals surface area contributed by atoms with Crippen molar-refractivity contribution in [1.82, 2.24) is 16.0 Å². The molecule has 18 nitrogen and oxygen atoms in total. The smallest absolute Gasteiger partial charge is 0.328 e. The Kier molecular flexibility index (Phi) is 15.1. The number of amides is 3. The Morgan fingerprint density at radius 3 is 0.844 bits per heavy atom. The van der Waals surface area contributed by atoms with Gasteiger partial charge in [-0.3, -0.25) is 28.8 Å². The van der Waals surface area contributed by atoms with Gasteiger partial charge >= 0.3 is 35.8 Å². The van der Waals surface area contributed by atoms with Gasteiger partial charge in [0.1, 0.15) is 18.1 Å². The van der Waals surface area contributed by atoms with Gasteiger partial charge in [0.15, 0.2) is 0 Å². The second kappa shape index (κ2) is 18.2. The van der Waals surface area contributed by atoms with Crippen LogP contribution < -0.4 is 16.0 Å². The third-order valence-electron chi connectivity index (χ3n) is 5.89. The molecule has 0 unspecified atom stereocenters. The van der Waals surface area contributed by atoms with Crippen molar-refractivity contribution >= 4 is 53.5 Å². The first kappa shape index (κ1) is 37.5. The number of carbonyl (C=O) groups excluding carboxylic acids is 9. The van der Waals surface area contributed by atoms with Crippen molar-refractivity contribution in [2.75, 3.05) is 42.7 Å². The number of hydrogen-bond donors (Lipinski definition) is 3. The monoisotopic (exact) mass is 639 g/mol. The Morgan fingerprint density at radius 2 is 0.667 bits per heavy atom. The molecule has 0 aliphatic heterocycles. The third-order valence-corrected chi connectivity index (χ3v) is 5.89. The van der Waals surface area contributed by atoms with Crippen LogP contribution in [-0.4, -0.2) is 114 Å². The quantitative estimate of drug-likeness (QED) is 0.141. The van der Waals surface area contributed by atoms with E-state index in [4.69, 9.17) is 0 Å². The molecule has 0 radical (unpaired) electrons. The zero-order chi connectivity index (χ0) is 34.3. The first-order valence-electron chi connectivity index (χ1n) is 12.8. The molecule has 1 rings (SSSR count). The topological polar surface area (TPSA) is 245 Å². The van der Waals surface area contributed by atoms with Crippen LogP contribution >= 0.6 is 0 Å². The lowest BCUT2D eigenvalue weighted by Gasteiger charge is -2.19. The summed E-state index contributed by atoms with van der Waals surface area (Å²) in [5.74, 6) is -8.91. The van der Waals surface area contributed by atoms with Crippen molar-refractivity contribution in [2.45, 2.75) is 37.4 Å². The summed E-state index contributed by atoms with van der Waals surface area (Å²) >= 11 is 0. The molecule has 0 aliphatic rings. The molecule has 0 heterocycles. The summed E-state index contributed by atoms with van der Waals surface area (Å²) in [6.07, 6.45) is -1.90. The van der Waals surface area contributed by atoms with Gasteiger partial charge in [-0.1, -0.05) is 0 Å². The number of hydrogen-bond acceptors (Lipinski definition) is 15. The highest BCUT2D eigenvalue weighted by Gasteiger charge is 2.30. The minimum atomic E-state index is -1.54. The van der Waals surface area contributed by atoms with E-state index >= 15 is 0 Å². The van der Waals surface area contributed by atoms with Crippen LogP contribution in [0.1, 0.15) is 50.3 Å². The van der Waals surface area contributed by atoms with Crippen molar-refractivity contribution in [3.8, 4) is 0 Å². The molecule has 246 valence electrons. The van der Waals surface area contributed by atoms with Crippen LogP contribution in [0.2, 0.25) is 0 Å². The molecular formula is C27H33N3O15. The van der Waals surface area contributed by atoms with E-state index in [0.717, 1.165) is 60.9 Å². The van der Waals surface area contributed by atoms with Gasteiger partial charge < -0.3 is 44.4 Å². The van der Waals surface area contributed by atoms with Gasteiger partial charge in [0, 0.05) is 16.7 Å². The highest BCUT2D eigenvalue weighted by Crippen LogP contribution is 2.14. The molecule has 0 aliphatic carbocycles. The maximum Gasteiger partial charge on any atom is 0.328 e. The fraction of sp³-hybridized carbons (Fsp3) is 0.444. The summed E-state index contributed by atoms with van der Waals surface area (Å²) in [5.41, 5.74) is -1.26. The lowest BCUT2D eigenvalue weighted by molar-refractivity contribution is -0.149. The number of ether oxygens (including phenoxy) is 6. The molecule has 0 saturated carbocycles. The number of nitrogens with one attached hydrogen (secondary N) is 3. The van der Waals surface area contributed by atoms with Crippen LogP contribution in [0, 0.1) is 0 Å². The zero-order valence-electron chi connectivity index (χ0n) is 25.2. The van der Waals surface area contributed by atoms with E-state index in [2.05, 4.69) is 44.4 Å². The molecule has 3 amide bonds. The second-order valence-electron chi connectivity index (χ2n) is 8.79. The SMILES string of the molecule is COC(=O)C[C@H](NC(=O)c1cc(C(=O)N[C@@H](CC(=O)OC)C(=O)OC)cc(C(=O)N[C@@H](CC(=O)OC)C(=O)OC)c1)C(=O)OC. The van der Waals surface area contributed by atoms with E-state index in [1.807, 2.05) is 0 Å². The van der Waals surface area contributed by atoms with Gasteiger partial charge in [-0.15, -0.1) is 0 Å². The van der Waals surface area contributed by atoms with E-state index in [-0.39, 0.29) is 0 Å². The molecule has 0 bridgehead atoms. The number of methoxy groups -OCH3 is 6. The van der Waals surface area contributed by atoms with Crippen LogP contribution in [0.15, 0.2) is 18.2 Å². The normalized spacial score (nSPS) is 12.1. The summed E-state index contributed by atoms with van der Waals surface area (Å²) < 4.78 is 27.4. The summed E-state index contributed by atoms with van der Waals surface area (Å²) in [6, 6.07) is -1.74. The maximum atomic E-state index is 13.2. The molecule has 45 heavy (non-hydrogen) atoms. The predicted octanol–water partition coefficient (Wildman–Crippen LogP) is -1.81. The number of carbonyl (C=O) groups is 9. The molecule has 1 aromatic carbocycles. The van der Waals surface area contributed by atoms with Gasteiger partial charge in [-0.05, 0) is 18.2 Å². The molecular weight excluding hydrogens is 606 g/mol. The van der Waals surface area contributed by atoms with Gasteiger partial charge in [-0.25, -0.2) is 14.4 Å². The Balaban J connectivity index is 3.62. The first-order valence-corrected chi connectivity index (χ1v) is 12.8. The van der Waals surface area contributed by atoms with Crippen LogP contribution in [0.3, 0.4) is 0 Å². The average molecular weight is 640 g/mol. The van der Waals surface area contributed by atoms with Crippen molar-refractivity contribution in [3.63, 3.8) is 0 Å². The molecule has 0 saturated heterocycles. The van der Waals surface area contributed by atoms with Crippen molar-refractivity contribution in [3.05, 3.63) is 34.9 Å². The van der Waals surface area contributed by atoms with E-state index in [0.29, 0.717) is 0 Å². The molecule has 0 aromatic heterocycles. The standard InChI is InChI=1S/C27H33N3O15/c1-40-19(31)10-16(25(37)43-4)28-22(34)13-7-14(23(35)29-17(26(38)44-5)11-20(32)41-2)9-15(8-13)24(36)30-18(27(39)45-6)12-21(33)42-3/h7-9,16-18H,10-12H2,1-6H3,(H,28,34)(H,29,35)(H,30,36)/t16-,17-,18-/m0/s1. The van der Waals surface area contributed by atoms with Gasteiger partial charge in [0.25, 0.3) is 17.7 Å². The number of esters is 6. The third kappa shape index (κ3) is 11.6. The van der Waals surface area contributed by atoms with Crippen molar-refractivity contribution in [2.24, 2.45) is 0 Å². The Morgan fingerprint density at radius 1 is 0.444 bits per heavy atom. The van der Waals surface area contributed by atoms with Gasteiger partial charge in [0.05, 0.1) is 61.9 Å². The Labute approximate surface area is 256 Å². The minimum Gasteiger partial charge on any atom is -0.469 e. The molecule has 0 spiro atoms. The lowest BCUT2D eigenvalue weighted by atomic mass is 10.0. The fourth-order valence-electron chi connectivity index (χ4n) is 3.50. The number of rotatable bonds is 15. The molecule has 1 aromatic rings. The summed E-state index contributed by atoms with van der Waals surface area (Å²) in [5, 5.41) is 6.71. The molecule has 18 heteroatoms. The van der Waals surface area contributed by atoms with Crippen LogP contribution in [0.4, 0.5) is 0 Å². The lowest BCUT2D eigenvalue weighted by Crippen LogP contribution is -2.45. The van der Waals surface area contributed by atoms with Crippen molar-refractivity contribution < 1.29 is 71.6 Å². The van der Waals surface area contributed by atoms with Crippen LogP contribution in [0.25, 0.3) is 0 Å². The Bertz CT molecular complexity index is 1160. The van der Waals surface area contributed by atoms with Gasteiger partial charge in [-0.2, -0.15) is 0 Å². The van der Waals surface area contributed by atoms with Gasteiger partial charge in [0.2, 0.25) is 0 Å². The highest BCUT2D eigenvalue weighted by molar-refractivity contribution is 6.06. The zero-order valence-corrected chi connectivity index (χ0v) is 25.2. The van der Waals surface area contributed by atoms with E-state index in [9.17, 15) is 43.2 Å². The van der Waals surface area contributed by atoms with E-state index in [1.54, 1.807) is 0 Å². The van der Waals surface area contributed by atoms with E-state index in [1.165, 1.54) is 0 Å². The van der Waals surface area contributed by atoms with Crippen LogP contribution in [-0.2, 0) is 57.2 Å². The second-order valence-corrected chi connectivity index (χ2v) is 8.79. The highest BCUT2D eigenvalue weighted by atomic mass is 16.5. The number of benzene rings is 1. The average Bonchev–Trinajstić information content (AvgIpc) is 3.05. The Hall–Kier alpha value is -5.55. The predicted molar refractivity (Wildman–Crippen MR) is 146 cm³/mol. The summed E-state index contributed by atoms with van der Waals surface area (Å²) in [4.78, 5) is 112. The maximum absolute atomic E-state index is 13.2. The molecule has 0 fully saturated rings. The summed E-state index contributed by atoms with van der Waals surface area (Å²) in [7, 11) is 6.16. The van der Waals surface area contributed by atoms with Crippen LogP contribution in [0.5, 0.6) is 0 Å². The molecule has 3 N–H and O–H groups in total. The van der Waals surface area contributed by atoms with Crippen molar-refractivity contribution in [1.29, 1.82) is 0 Å². The van der Waals surface area contributed by atoms with E-state index < -0.39 is 108 Å². The first-order chi connectivity index (χ1) is 21.2. The fourth-order valence-corrected chi connectivity index (χ4v) is 3.50. The molecule has 3 atom stereocenters. The minimum absolute atomic E-state index is 0.420. The summed E-state index contributed by atoms with van der Waals surface area (Å²) in [6.45, 7) is 0. The largest absolute Gasteiger partial charge is 0.469 e.